The van der Waals surface area contributed by atoms with Gasteiger partial charge in [-0.05, 0) is 43.7 Å². The number of nitrogens with one attached hydrogen (secondary N) is 1. The van der Waals surface area contributed by atoms with Crippen LogP contribution in [0.15, 0.2) is 47.4 Å². The highest BCUT2D eigenvalue weighted by molar-refractivity contribution is 7.89. The van der Waals surface area contributed by atoms with Crippen LogP contribution in [0, 0.1) is 6.92 Å². The average molecular weight is 418 g/mol. The van der Waals surface area contributed by atoms with E-state index in [0.717, 1.165) is 4.31 Å². The highest BCUT2D eigenvalue weighted by Crippen LogP contribution is 2.22. The van der Waals surface area contributed by atoms with Crippen molar-refractivity contribution in [1.29, 1.82) is 0 Å². The Hall–Kier alpha value is -3.04. The maximum atomic E-state index is 12.4. The van der Waals surface area contributed by atoms with Crippen molar-refractivity contribution in [2.75, 3.05) is 19.4 Å². The molecule has 0 heterocycles. The first-order valence-corrected chi connectivity index (χ1v) is 10.1. The quantitative estimate of drug-likeness (QED) is 0.545. The summed E-state index contributed by atoms with van der Waals surface area (Å²) in [7, 11) is -0.835. The Morgan fingerprint density at radius 3 is 2.28 bits per heavy atom. The molecule has 0 unspecified atom stereocenters. The molecular formula is C20H22N2O6S. The fourth-order valence-corrected chi connectivity index (χ4v) is 3.25. The molecule has 0 radical (unpaired) electrons. The number of anilines is 1. The van der Waals surface area contributed by atoms with E-state index in [1.165, 1.54) is 57.4 Å². The SMILES string of the molecule is Cc1ccc(S(=O)(=O)N(C)C)cc1NC(=O)[C@H](C)OC(=O)c1ccc(C=O)cc1. The molecule has 0 saturated carbocycles. The van der Waals surface area contributed by atoms with Crippen LogP contribution in [0.1, 0.15) is 33.2 Å². The van der Waals surface area contributed by atoms with Gasteiger partial charge in [-0.1, -0.05) is 18.2 Å². The summed E-state index contributed by atoms with van der Waals surface area (Å²) in [6.45, 7) is 3.12. The molecule has 0 aliphatic carbocycles. The number of carbonyl (C=O) groups is 3. The van der Waals surface area contributed by atoms with Crippen molar-refractivity contribution >= 4 is 33.9 Å². The average Bonchev–Trinajstić information content (AvgIpc) is 2.69. The number of amides is 1. The van der Waals surface area contributed by atoms with E-state index in [4.69, 9.17) is 4.74 Å². The van der Waals surface area contributed by atoms with E-state index in [1.54, 1.807) is 13.0 Å². The van der Waals surface area contributed by atoms with Crippen molar-refractivity contribution in [2.24, 2.45) is 0 Å². The molecule has 1 atom stereocenters. The van der Waals surface area contributed by atoms with Crippen molar-refractivity contribution in [2.45, 2.75) is 24.8 Å². The van der Waals surface area contributed by atoms with Crippen molar-refractivity contribution in [3.05, 3.63) is 59.2 Å². The summed E-state index contributed by atoms with van der Waals surface area (Å²) in [5.41, 5.74) is 1.57. The van der Waals surface area contributed by atoms with Crippen LogP contribution in [-0.2, 0) is 19.6 Å². The Morgan fingerprint density at radius 1 is 1.10 bits per heavy atom. The largest absolute Gasteiger partial charge is 0.449 e. The number of sulfonamides is 1. The topological polar surface area (TPSA) is 110 Å². The lowest BCUT2D eigenvalue weighted by molar-refractivity contribution is -0.123. The number of aldehydes is 1. The molecule has 0 aliphatic rings. The van der Waals surface area contributed by atoms with Crippen LogP contribution in [0.3, 0.4) is 0 Å². The summed E-state index contributed by atoms with van der Waals surface area (Å²) >= 11 is 0. The van der Waals surface area contributed by atoms with Crippen molar-refractivity contribution < 1.29 is 27.5 Å². The van der Waals surface area contributed by atoms with Crippen LogP contribution in [-0.4, -0.2) is 51.1 Å². The third-order valence-electron chi connectivity index (χ3n) is 4.18. The van der Waals surface area contributed by atoms with Gasteiger partial charge in [-0.25, -0.2) is 17.5 Å². The lowest BCUT2D eigenvalue weighted by Crippen LogP contribution is -2.30. The minimum Gasteiger partial charge on any atom is -0.449 e. The number of esters is 1. The highest BCUT2D eigenvalue weighted by Gasteiger charge is 2.22. The number of aryl methyl sites for hydroxylation is 1. The normalized spacial score (nSPS) is 12.3. The van der Waals surface area contributed by atoms with Gasteiger partial charge in [0.05, 0.1) is 10.5 Å². The van der Waals surface area contributed by atoms with Crippen LogP contribution in [0.4, 0.5) is 5.69 Å². The first-order chi connectivity index (χ1) is 13.6. The van der Waals surface area contributed by atoms with Crippen molar-refractivity contribution in [3.8, 4) is 0 Å². The van der Waals surface area contributed by atoms with Gasteiger partial charge >= 0.3 is 5.97 Å². The molecular weight excluding hydrogens is 396 g/mol. The molecule has 2 aromatic rings. The lowest BCUT2D eigenvalue weighted by atomic mass is 10.1. The van der Waals surface area contributed by atoms with E-state index in [1.807, 2.05) is 0 Å². The molecule has 154 valence electrons. The predicted molar refractivity (Wildman–Crippen MR) is 107 cm³/mol. The van der Waals surface area contributed by atoms with E-state index in [0.29, 0.717) is 23.1 Å². The molecule has 2 rings (SSSR count). The molecule has 2 aromatic carbocycles. The molecule has 0 bridgehead atoms. The van der Waals surface area contributed by atoms with Gasteiger partial charge in [0.25, 0.3) is 5.91 Å². The molecule has 1 amide bonds. The zero-order chi connectivity index (χ0) is 21.8. The predicted octanol–water partition coefficient (Wildman–Crippen LogP) is 2.24. The second-order valence-corrected chi connectivity index (χ2v) is 8.69. The van der Waals surface area contributed by atoms with Crippen LogP contribution < -0.4 is 5.32 Å². The minimum absolute atomic E-state index is 0.0308. The fraction of sp³-hybridized carbons (Fsp3) is 0.250. The van der Waals surface area contributed by atoms with Gasteiger partial charge < -0.3 is 10.1 Å². The third kappa shape index (κ3) is 5.27. The Balaban J connectivity index is 2.12. The Kier molecular flexibility index (Phi) is 6.89. The first-order valence-electron chi connectivity index (χ1n) is 8.66. The third-order valence-corrected chi connectivity index (χ3v) is 5.99. The van der Waals surface area contributed by atoms with E-state index in [-0.39, 0.29) is 10.5 Å². The highest BCUT2D eigenvalue weighted by atomic mass is 32.2. The van der Waals surface area contributed by atoms with Gasteiger partial charge in [0.1, 0.15) is 6.29 Å². The van der Waals surface area contributed by atoms with E-state index in [9.17, 15) is 22.8 Å². The molecule has 0 fully saturated rings. The number of ether oxygens (including phenoxy) is 1. The summed E-state index contributed by atoms with van der Waals surface area (Å²) < 4.78 is 30.8. The molecule has 29 heavy (non-hydrogen) atoms. The molecule has 9 heteroatoms. The summed E-state index contributed by atoms with van der Waals surface area (Å²) in [4.78, 5) is 35.3. The van der Waals surface area contributed by atoms with Gasteiger partial charge in [0, 0.05) is 25.3 Å². The summed E-state index contributed by atoms with van der Waals surface area (Å²) in [6, 6.07) is 10.2. The van der Waals surface area contributed by atoms with Crippen LogP contribution in [0.2, 0.25) is 0 Å². The van der Waals surface area contributed by atoms with Gasteiger partial charge in [-0.3, -0.25) is 9.59 Å². The smallest absolute Gasteiger partial charge is 0.338 e. The molecule has 0 spiro atoms. The summed E-state index contributed by atoms with van der Waals surface area (Å²) in [5.74, 6) is -1.32. The lowest BCUT2D eigenvalue weighted by Gasteiger charge is -2.17. The Morgan fingerprint density at radius 2 is 1.72 bits per heavy atom. The van der Waals surface area contributed by atoms with Crippen molar-refractivity contribution in [3.63, 3.8) is 0 Å². The number of rotatable bonds is 7. The van der Waals surface area contributed by atoms with Crippen LogP contribution in [0.25, 0.3) is 0 Å². The number of carbonyl (C=O) groups excluding carboxylic acids is 3. The van der Waals surface area contributed by atoms with Crippen LogP contribution >= 0.6 is 0 Å². The summed E-state index contributed by atoms with van der Waals surface area (Å²) in [5, 5.41) is 2.59. The monoisotopic (exact) mass is 418 g/mol. The minimum atomic E-state index is -3.66. The number of hydrogen-bond donors (Lipinski definition) is 1. The maximum absolute atomic E-state index is 12.4. The number of benzene rings is 2. The Bertz CT molecular complexity index is 1030. The summed E-state index contributed by atoms with van der Waals surface area (Å²) in [6.07, 6.45) is -0.472. The molecule has 1 N–H and O–H groups in total. The number of hydrogen-bond acceptors (Lipinski definition) is 6. The van der Waals surface area contributed by atoms with Crippen LogP contribution in [0.5, 0.6) is 0 Å². The van der Waals surface area contributed by atoms with Crippen molar-refractivity contribution in [1.82, 2.24) is 4.31 Å². The van der Waals surface area contributed by atoms with Gasteiger partial charge in [-0.2, -0.15) is 0 Å². The zero-order valence-electron chi connectivity index (χ0n) is 16.5. The Labute approximate surface area is 169 Å². The van der Waals surface area contributed by atoms with E-state index in [2.05, 4.69) is 5.32 Å². The van der Waals surface area contributed by atoms with E-state index >= 15 is 0 Å². The standard InChI is InChI=1S/C20H22N2O6S/c1-13-5-10-17(29(26,27)22(3)4)11-18(13)21-19(24)14(2)28-20(25)16-8-6-15(12-23)7-9-16/h5-12,14H,1-4H3,(H,21,24)/t14-/m0/s1. The van der Waals surface area contributed by atoms with Gasteiger partial charge in [-0.15, -0.1) is 0 Å². The maximum Gasteiger partial charge on any atom is 0.338 e. The molecule has 0 aliphatic heterocycles. The first kappa shape index (κ1) is 22.3. The molecule has 0 saturated heterocycles. The number of nitrogens with zero attached hydrogens (tertiary/aromatic N) is 1. The second-order valence-electron chi connectivity index (χ2n) is 6.54. The second kappa shape index (κ2) is 8.97. The molecule has 0 aromatic heterocycles. The fourth-order valence-electron chi connectivity index (χ4n) is 2.32. The van der Waals surface area contributed by atoms with Gasteiger partial charge in [0.15, 0.2) is 6.10 Å². The van der Waals surface area contributed by atoms with Gasteiger partial charge in [0.2, 0.25) is 10.0 Å². The molecule has 8 nitrogen and oxygen atoms in total. The zero-order valence-corrected chi connectivity index (χ0v) is 17.3. The van der Waals surface area contributed by atoms with E-state index < -0.39 is 28.0 Å².